The molecule has 7 fully saturated rings. The number of esters is 1. The van der Waals surface area contributed by atoms with Crippen LogP contribution in [0.1, 0.15) is 71.6 Å². The fraction of sp³-hybridized carbons (Fsp3) is 0.880. The molecule has 4 bridgehead atoms. The lowest BCUT2D eigenvalue weighted by atomic mass is 9.54. The van der Waals surface area contributed by atoms with Gasteiger partial charge in [-0.2, -0.15) is 5.26 Å². The summed E-state index contributed by atoms with van der Waals surface area (Å²) in [4.78, 5) is 31.1. The minimum absolute atomic E-state index is 0.0150. The first kappa shape index (κ1) is 20.9. The van der Waals surface area contributed by atoms with E-state index in [0.29, 0.717) is 11.8 Å². The number of amides is 1. The molecule has 7 aliphatic rings. The van der Waals surface area contributed by atoms with Gasteiger partial charge in [-0.15, -0.1) is 0 Å². The van der Waals surface area contributed by atoms with Gasteiger partial charge in [0.15, 0.2) is 0 Å². The molecule has 2 N–H and O–H groups in total. The third kappa shape index (κ3) is 2.84. The van der Waals surface area contributed by atoms with Crippen molar-refractivity contribution in [2.75, 3.05) is 6.54 Å². The average molecular weight is 441 g/mol. The van der Waals surface area contributed by atoms with Crippen LogP contribution in [-0.2, 0) is 14.3 Å². The Bertz CT molecular complexity index is 887. The van der Waals surface area contributed by atoms with Crippen LogP contribution in [0.4, 0.5) is 0 Å². The van der Waals surface area contributed by atoms with Crippen molar-refractivity contribution in [3.63, 3.8) is 0 Å². The molecule has 4 heterocycles. The van der Waals surface area contributed by atoms with Crippen LogP contribution in [0.25, 0.3) is 0 Å². The highest BCUT2D eigenvalue weighted by atomic mass is 16.5. The standard InChI is InChI=1S/C25H36N4O3/c1-14-16-6-15-7-18(28-5-3-4-20(28)23(31)32-14)12-25(9-15,10-16)21(27)22(30)29-19(13-26)8-17-11-24(17,29)2/h14-21H,3-12,27H2,1-2H3/t14?,15?,16?,17-,18?,19+,20+,21-,24+,25?/m1/s1. The van der Waals surface area contributed by atoms with Crippen molar-refractivity contribution in [2.45, 2.75) is 107 Å². The summed E-state index contributed by atoms with van der Waals surface area (Å²) in [6.45, 7) is 5.09. The molecule has 1 amide bonds. The third-order valence-corrected chi connectivity index (χ3v) is 10.3. The zero-order valence-corrected chi connectivity index (χ0v) is 19.3. The van der Waals surface area contributed by atoms with Crippen LogP contribution in [0, 0.1) is 34.5 Å². The monoisotopic (exact) mass is 440 g/mol. The second-order valence-corrected chi connectivity index (χ2v) is 12.1. The molecular formula is C25H36N4O3. The van der Waals surface area contributed by atoms with Gasteiger partial charge in [0.1, 0.15) is 18.2 Å². The van der Waals surface area contributed by atoms with E-state index in [4.69, 9.17) is 10.5 Å². The van der Waals surface area contributed by atoms with Gasteiger partial charge in [0, 0.05) is 11.6 Å². The first-order chi connectivity index (χ1) is 15.3. The summed E-state index contributed by atoms with van der Waals surface area (Å²) in [7, 11) is 0. The Morgan fingerprint density at radius 1 is 1.25 bits per heavy atom. The molecule has 5 unspecified atom stereocenters. The van der Waals surface area contributed by atoms with Crippen LogP contribution in [0.5, 0.6) is 0 Å². The first-order valence-electron chi connectivity index (χ1n) is 12.7. The van der Waals surface area contributed by atoms with Crippen LogP contribution in [0.3, 0.4) is 0 Å². The number of nitrogens with two attached hydrogens (primary N) is 1. The fourth-order valence-electron chi connectivity index (χ4n) is 8.62. The molecule has 4 saturated heterocycles. The van der Waals surface area contributed by atoms with Gasteiger partial charge in [0.05, 0.1) is 12.1 Å². The smallest absolute Gasteiger partial charge is 0.323 e. The van der Waals surface area contributed by atoms with Crippen LogP contribution in [0.15, 0.2) is 0 Å². The van der Waals surface area contributed by atoms with Gasteiger partial charge in [-0.3, -0.25) is 14.5 Å². The molecule has 3 aliphatic carbocycles. The van der Waals surface area contributed by atoms with E-state index in [2.05, 4.69) is 17.9 Å². The summed E-state index contributed by atoms with van der Waals surface area (Å²) in [6.07, 6.45) is 8.38. The van der Waals surface area contributed by atoms with Crippen molar-refractivity contribution in [1.82, 2.24) is 9.80 Å². The predicted molar refractivity (Wildman–Crippen MR) is 117 cm³/mol. The van der Waals surface area contributed by atoms with E-state index >= 15 is 0 Å². The van der Waals surface area contributed by atoms with Gasteiger partial charge < -0.3 is 15.4 Å². The molecule has 0 radical (unpaired) electrons. The average Bonchev–Trinajstić information content (AvgIpc) is 3.11. The molecule has 0 spiro atoms. The molecule has 7 rings (SSSR count). The molecule has 174 valence electrons. The molecule has 32 heavy (non-hydrogen) atoms. The number of piperidine rings is 1. The SMILES string of the molecule is CC1OC(=O)[C@@H]2CCCN2C2CC3CC1CC([C@H](N)C(=O)N1[C@H](C#N)C[C@@H]4C[C@@]41C)(C3)C2. The molecule has 3 saturated carbocycles. The number of hydrogen-bond donors (Lipinski definition) is 1. The summed E-state index contributed by atoms with van der Waals surface area (Å²) in [6, 6.07) is 1.59. The number of fused-ring (bicyclic) bond motifs is 3. The second kappa shape index (κ2) is 6.93. The lowest BCUT2D eigenvalue weighted by Gasteiger charge is -2.56. The van der Waals surface area contributed by atoms with Gasteiger partial charge >= 0.3 is 5.97 Å². The van der Waals surface area contributed by atoms with E-state index < -0.39 is 6.04 Å². The van der Waals surface area contributed by atoms with Crippen LogP contribution in [-0.4, -0.2) is 64.0 Å². The maximum atomic E-state index is 13.9. The number of nitrogens with zero attached hydrogens (tertiary/aromatic N) is 3. The summed E-state index contributed by atoms with van der Waals surface area (Å²) in [5.41, 5.74) is 6.49. The van der Waals surface area contributed by atoms with E-state index in [9.17, 15) is 14.9 Å². The lowest BCUT2D eigenvalue weighted by molar-refractivity contribution is -0.169. The summed E-state index contributed by atoms with van der Waals surface area (Å²) < 4.78 is 5.99. The first-order valence-corrected chi connectivity index (χ1v) is 12.7. The van der Waals surface area contributed by atoms with Crippen LogP contribution in [0.2, 0.25) is 0 Å². The van der Waals surface area contributed by atoms with Crippen molar-refractivity contribution in [1.29, 1.82) is 5.26 Å². The highest BCUT2D eigenvalue weighted by Crippen LogP contribution is 2.60. The van der Waals surface area contributed by atoms with Gasteiger partial charge in [-0.1, -0.05) is 0 Å². The zero-order chi connectivity index (χ0) is 22.4. The van der Waals surface area contributed by atoms with Gasteiger partial charge in [0.25, 0.3) is 0 Å². The number of carbonyl (C=O) groups is 2. The number of hydrogen-bond acceptors (Lipinski definition) is 6. The number of ether oxygens (including phenoxy) is 1. The van der Waals surface area contributed by atoms with Crippen LogP contribution < -0.4 is 5.73 Å². The summed E-state index contributed by atoms with van der Waals surface area (Å²) in [5, 5.41) is 9.73. The number of rotatable bonds is 2. The van der Waals surface area contributed by atoms with E-state index in [-0.39, 0.29) is 53.0 Å². The zero-order valence-electron chi connectivity index (χ0n) is 19.3. The Balaban J connectivity index is 1.35. The number of likely N-dealkylation sites (tertiary alicyclic amines) is 1. The molecular weight excluding hydrogens is 404 g/mol. The van der Waals surface area contributed by atoms with Crippen molar-refractivity contribution in [3.8, 4) is 6.07 Å². The summed E-state index contributed by atoms with van der Waals surface area (Å²) in [5.74, 6) is 1.14. The fourth-order valence-corrected chi connectivity index (χ4v) is 8.62. The Morgan fingerprint density at radius 2 is 2.06 bits per heavy atom. The Hall–Kier alpha value is -1.65. The van der Waals surface area contributed by atoms with Crippen molar-refractivity contribution < 1.29 is 14.3 Å². The molecule has 10 atom stereocenters. The summed E-state index contributed by atoms with van der Waals surface area (Å²) >= 11 is 0. The molecule has 0 aromatic heterocycles. The molecule has 0 aromatic rings. The highest BCUT2D eigenvalue weighted by molar-refractivity contribution is 5.85. The minimum Gasteiger partial charge on any atom is -0.461 e. The van der Waals surface area contributed by atoms with Crippen molar-refractivity contribution in [2.24, 2.45) is 28.9 Å². The lowest BCUT2D eigenvalue weighted by Crippen LogP contribution is -2.63. The van der Waals surface area contributed by atoms with Gasteiger partial charge in [-0.05, 0) is 101 Å². The molecule has 7 nitrogen and oxygen atoms in total. The van der Waals surface area contributed by atoms with Crippen molar-refractivity contribution in [3.05, 3.63) is 0 Å². The van der Waals surface area contributed by atoms with E-state index in [1.165, 1.54) is 0 Å². The molecule has 4 aliphatic heterocycles. The number of carbonyl (C=O) groups excluding carboxylic acids is 2. The maximum Gasteiger partial charge on any atom is 0.323 e. The predicted octanol–water partition coefficient (Wildman–Crippen LogP) is 2.19. The third-order valence-electron chi connectivity index (χ3n) is 10.3. The minimum atomic E-state index is -0.592. The van der Waals surface area contributed by atoms with Crippen LogP contribution >= 0.6 is 0 Å². The Morgan fingerprint density at radius 3 is 2.84 bits per heavy atom. The second-order valence-electron chi connectivity index (χ2n) is 12.1. The number of nitriles is 1. The topological polar surface area (TPSA) is 99.7 Å². The van der Waals surface area contributed by atoms with E-state index in [1.54, 1.807) is 0 Å². The molecule has 7 heteroatoms. The normalized spacial score (nSPS) is 50.4. The van der Waals surface area contributed by atoms with Gasteiger partial charge in [0.2, 0.25) is 5.91 Å². The molecule has 0 aromatic carbocycles. The highest BCUT2D eigenvalue weighted by Gasteiger charge is 2.66. The van der Waals surface area contributed by atoms with Crippen molar-refractivity contribution >= 4 is 11.9 Å². The Labute approximate surface area is 190 Å². The Kier molecular flexibility index (Phi) is 4.53. The van der Waals surface area contributed by atoms with Gasteiger partial charge in [-0.25, -0.2) is 0 Å². The largest absolute Gasteiger partial charge is 0.461 e. The quantitative estimate of drug-likeness (QED) is 0.661. The van der Waals surface area contributed by atoms with E-state index in [1.807, 2.05) is 11.8 Å². The maximum absolute atomic E-state index is 13.9. The van der Waals surface area contributed by atoms with E-state index in [0.717, 1.165) is 64.3 Å².